The molecule has 4 aromatic rings. The number of aryl methyl sites for hydroxylation is 1. The SMILES string of the molecule is COc1cccc2nc(C(=O)N(CCN(C)C)Cc3ccc(C(F)(F)F)c(Cl)c3)c(-c3ccc(F)c(C)c3)n12. The summed E-state index contributed by atoms with van der Waals surface area (Å²) < 4.78 is 61.0. The Bertz CT molecular complexity index is 1520. The highest BCUT2D eigenvalue weighted by atomic mass is 35.5. The molecule has 2 aromatic heterocycles. The van der Waals surface area contributed by atoms with Crippen molar-refractivity contribution in [2.24, 2.45) is 0 Å². The van der Waals surface area contributed by atoms with Crippen LogP contribution < -0.4 is 4.74 Å². The molecule has 2 heterocycles. The molecule has 0 bridgehead atoms. The number of amides is 1. The summed E-state index contributed by atoms with van der Waals surface area (Å²) in [5.41, 5.74) is 1.39. The van der Waals surface area contributed by atoms with Crippen molar-refractivity contribution in [3.05, 3.63) is 87.8 Å². The van der Waals surface area contributed by atoms with Gasteiger partial charge >= 0.3 is 6.18 Å². The maximum absolute atomic E-state index is 14.1. The Morgan fingerprint density at radius 2 is 1.82 bits per heavy atom. The Kier molecular flexibility index (Phi) is 8.17. The Morgan fingerprint density at radius 1 is 1.08 bits per heavy atom. The largest absolute Gasteiger partial charge is 0.482 e. The number of likely N-dealkylation sites (N-methyl/N-ethyl adjacent to an activating group) is 1. The van der Waals surface area contributed by atoms with E-state index in [-0.39, 0.29) is 24.6 Å². The fraction of sp³-hybridized carbons (Fsp3) is 0.286. The second kappa shape index (κ2) is 11.2. The minimum atomic E-state index is -4.59. The number of hydrogen-bond acceptors (Lipinski definition) is 4. The molecule has 0 atom stereocenters. The molecule has 0 saturated carbocycles. The summed E-state index contributed by atoms with van der Waals surface area (Å²) >= 11 is 5.95. The molecular formula is C28H27ClF4N4O2. The summed E-state index contributed by atoms with van der Waals surface area (Å²) in [5, 5.41) is -0.444. The summed E-state index contributed by atoms with van der Waals surface area (Å²) in [7, 11) is 5.19. The van der Waals surface area contributed by atoms with Gasteiger partial charge in [-0.15, -0.1) is 0 Å². The van der Waals surface area contributed by atoms with Crippen LogP contribution in [0.5, 0.6) is 5.88 Å². The van der Waals surface area contributed by atoms with Gasteiger partial charge in [-0.3, -0.25) is 9.20 Å². The first-order valence-corrected chi connectivity index (χ1v) is 12.4. The summed E-state index contributed by atoms with van der Waals surface area (Å²) in [6, 6.07) is 13.1. The van der Waals surface area contributed by atoms with Gasteiger partial charge in [-0.25, -0.2) is 9.37 Å². The van der Waals surface area contributed by atoms with E-state index in [1.807, 2.05) is 19.0 Å². The number of hydrogen-bond donors (Lipinski definition) is 0. The van der Waals surface area contributed by atoms with Gasteiger partial charge in [0.25, 0.3) is 5.91 Å². The molecule has 0 saturated heterocycles. The van der Waals surface area contributed by atoms with Crippen LogP contribution in [0.3, 0.4) is 0 Å². The van der Waals surface area contributed by atoms with Crippen LogP contribution in [0.4, 0.5) is 17.6 Å². The zero-order valence-electron chi connectivity index (χ0n) is 21.8. The van der Waals surface area contributed by atoms with Crippen LogP contribution in [-0.4, -0.2) is 59.4 Å². The molecule has 0 spiro atoms. The molecule has 0 fully saturated rings. The number of halogens is 5. The lowest BCUT2D eigenvalue weighted by Crippen LogP contribution is -2.36. The summed E-state index contributed by atoms with van der Waals surface area (Å²) in [6.45, 7) is 2.37. The van der Waals surface area contributed by atoms with Crippen LogP contribution in [0.2, 0.25) is 5.02 Å². The van der Waals surface area contributed by atoms with Crippen molar-refractivity contribution in [3.8, 4) is 17.1 Å². The van der Waals surface area contributed by atoms with Crippen molar-refractivity contribution in [1.82, 2.24) is 19.2 Å². The molecule has 0 N–H and O–H groups in total. The number of carbonyl (C=O) groups is 1. The number of nitrogens with zero attached hydrogens (tertiary/aromatic N) is 4. The molecule has 0 radical (unpaired) electrons. The number of imidazole rings is 1. The van der Waals surface area contributed by atoms with Crippen LogP contribution in [0, 0.1) is 12.7 Å². The number of carbonyl (C=O) groups excluding carboxylic acids is 1. The monoisotopic (exact) mass is 562 g/mol. The molecule has 6 nitrogen and oxygen atoms in total. The van der Waals surface area contributed by atoms with E-state index in [0.29, 0.717) is 40.5 Å². The highest BCUT2D eigenvalue weighted by Gasteiger charge is 2.33. The van der Waals surface area contributed by atoms with Gasteiger partial charge in [0.2, 0.25) is 0 Å². The van der Waals surface area contributed by atoms with Gasteiger partial charge in [0, 0.05) is 25.2 Å². The van der Waals surface area contributed by atoms with Gasteiger partial charge in [-0.2, -0.15) is 13.2 Å². The fourth-order valence-electron chi connectivity index (χ4n) is 4.26. The highest BCUT2D eigenvalue weighted by Crippen LogP contribution is 2.36. The third kappa shape index (κ3) is 6.02. The van der Waals surface area contributed by atoms with Crippen molar-refractivity contribution in [2.75, 3.05) is 34.3 Å². The predicted molar refractivity (Wildman–Crippen MR) is 142 cm³/mol. The van der Waals surface area contributed by atoms with Crippen LogP contribution in [0.25, 0.3) is 16.9 Å². The molecule has 0 unspecified atom stereocenters. The maximum atomic E-state index is 14.1. The molecule has 4 rings (SSSR count). The van der Waals surface area contributed by atoms with Crippen LogP contribution in [0.1, 0.15) is 27.2 Å². The third-order valence-electron chi connectivity index (χ3n) is 6.27. The molecule has 1 amide bonds. The molecule has 11 heteroatoms. The zero-order valence-corrected chi connectivity index (χ0v) is 22.6. The highest BCUT2D eigenvalue weighted by molar-refractivity contribution is 6.31. The number of fused-ring (bicyclic) bond motifs is 1. The van der Waals surface area contributed by atoms with E-state index in [1.54, 1.807) is 41.7 Å². The quantitative estimate of drug-likeness (QED) is 0.235. The van der Waals surface area contributed by atoms with Crippen LogP contribution in [0.15, 0.2) is 54.6 Å². The number of methoxy groups -OCH3 is 1. The van der Waals surface area contributed by atoms with Crippen molar-refractivity contribution < 1.29 is 27.1 Å². The van der Waals surface area contributed by atoms with E-state index in [2.05, 4.69) is 4.98 Å². The number of ether oxygens (including phenoxy) is 1. The van der Waals surface area contributed by atoms with Gasteiger partial charge in [0.1, 0.15) is 11.5 Å². The van der Waals surface area contributed by atoms with Crippen molar-refractivity contribution in [3.63, 3.8) is 0 Å². The van der Waals surface area contributed by atoms with E-state index < -0.39 is 22.7 Å². The van der Waals surface area contributed by atoms with E-state index in [0.717, 1.165) is 6.07 Å². The minimum absolute atomic E-state index is 0.00256. The van der Waals surface area contributed by atoms with Crippen molar-refractivity contribution in [2.45, 2.75) is 19.6 Å². The second-order valence-electron chi connectivity index (χ2n) is 9.38. The topological polar surface area (TPSA) is 50.1 Å². The lowest BCUT2D eigenvalue weighted by Gasteiger charge is -2.25. The Labute approximate surface area is 228 Å². The smallest absolute Gasteiger partial charge is 0.417 e. The molecule has 0 aliphatic carbocycles. The van der Waals surface area contributed by atoms with Crippen LogP contribution in [-0.2, 0) is 12.7 Å². The third-order valence-corrected chi connectivity index (χ3v) is 6.58. The first kappa shape index (κ1) is 28.4. The Balaban J connectivity index is 1.83. The second-order valence-corrected chi connectivity index (χ2v) is 9.78. The molecule has 39 heavy (non-hydrogen) atoms. The van der Waals surface area contributed by atoms with Crippen LogP contribution >= 0.6 is 11.6 Å². The van der Waals surface area contributed by atoms with Crippen molar-refractivity contribution in [1.29, 1.82) is 0 Å². The van der Waals surface area contributed by atoms with Gasteiger partial charge in [-0.05, 0) is 74.6 Å². The Morgan fingerprint density at radius 3 is 2.44 bits per heavy atom. The van der Waals surface area contributed by atoms with Gasteiger partial charge in [0.05, 0.1) is 23.4 Å². The van der Waals surface area contributed by atoms with E-state index in [1.165, 1.54) is 30.2 Å². The first-order chi connectivity index (χ1) is 18.4. The maximum Gasteiger partial charge on any atom is 0.417 e. The molecular weight excluding hydrogens is 536 g/mol. The number of rotatable bonds is 8. The minimum Gasteiger partial charge on any atom is -0.482 e. The Hall–Kier alpha value is -3.63. The molecule has 2 aromatic carbocycles. The molecule has 0 aliphatic heterocycles. The van der Waals surface area contributed by atoms with E-state index in [4.69, 9.17) is 16.3 Å². The predicted octanol–water partition coefficient (Wildman–Crippen LogP) is 6.33. The first-order valence-electron chi connectivity index (χ1n) is 12.0. The summed E-state index contributed by atoms with van der Waals surface area (Å²) in [5.74, 6) is -0.416. The fourth-order valence-corrected chi connectivity index (χ4v) is 4.57. The zero-order chi connectivity index (χ0) is 28.5. The lowest BCUT2D eigenvalue weighted by molar-refractivity contribution is -0.137. The molecule has 206 valence electrons. The number of pyridine rings is 1. The number of aromatic nitrogens is 2. The standard InChI is InChI=1S/C28H27ClF4N4O2/c1-17-14-19(9-11-22(17)30)26-25(34-23-6-5-7-24(39-4)37(23)26)27(38)36(13-12-35(2)3)16-18-8-10-20(21(29)15-18)28(31,32)33/h5-11,14-15H,12-13,16H2,1-4H3. The van der Waals surface area contributed by atoms with E-state index >= 15 is 0 Å². The average molecular weight is 563 g/mol. The number of alkyl halides is 3. The number of benzene rings is 2. The average Bonchev–Trinajstić information content (AvgIpc) is 3.26. The lowest BCUT2D eigenvalue weighted by atomic mass is 10.1. The summed E-state index contributed by atoms with van der Waals surface area (Å²) in [6.07, 6.45) is -4.59. The van der Waals surface area contributed by atoms with Crippen molar-refractivity contribution >= 4 is 23.2 Å². The van der Waals surface area contributed by atoms with E-state index in [9.17, 15) is 22.4 Å². The summed E-state index contributed by atoms with van der Waals surface area (Å²) in [4.78, 5) is 22.1. The van der Waals surface area contributed by atoms with Gasteiger partial charge in [0.15, 0.2) is 11.6 Å². The normalized spacial score (nSPS) is 11.8. The van der Waals surface area contributed by atoms with Gasteiger partial charge < -0.3 is 14.5 Å². The van der Waals surface area contributed by atoms with Gasteiger partial charge in [-0.1, -0.05) is 23.7 Å². The molecule has 0 aliphatic rings.